The lowest BCUT2D eigenvalue weighted by molar-refractivity contribution is -0.145. The van der Waals surface area contributed by atoms with Crippen molar-refractivity contribution in [2.75, 3.05) is 0 Å². The van der Waals surface area contributed by atoms with E-state index in [0.29, 0.717) is 23.0 Å². The zero-order valence-corrected chi connectivity index (χ0v) is 16.9. The van der Waals surface area contributed by atoms with E-state index in [1.54, 1.807) is 12.3 Å². The fourth-order valence-electron chi connectivity index (χ4n) is 3.08. The van der Waals surface area contributed by atoms with Crippen LogP contribution < -0.4 is 4.74 Å². The number of nitrogens with one attached hydrogen (secondary N) is 1. The van der Waals surface area contributed by atoms with Gasteiger partial charge in [0.15, 0.2) is 5.75 Å². The number of fused-ring (bicyclic) bond motifs is 1. The van der Waals surface area contributed by atoms with Crippen molar-refractivity contribution >= 4 is 26.8 Å². The highest BCUT2D eigenvalue weighted by Gasteiger charge is 2.43. The molecule has 0 atom stereocenters. The van der Waals surface area contributed by atoms with E-state index < -0.39 is 29.2 Å². The highest BCUT2D eigenvalue weighted by molar-refractivity contribution is 9.08. The molecular weight excluding hydrogens is 464 g/mol. The Kier molecular flexibility index (Phi) is 5.64. The summed E-state index contributed by atoms with van der Waals surface area (Å²) < 4.78 is 86.5. The summed E-state index contributed by atoms with van der Waals surface area (Å²) in [5.74, 6) is -1.26. The van der Waals surface area contributed by atoms with Crippen LogP contribution in [-0.4, -0.2) is 4.98 Å². The van der Waals surface area contributed by atoms with Gasteiger partial charge in [-0.2, -0.15) is 26.3 Å². The highest BCUT2D eigenvalue weighted by Crippen LogP contribution is 2.47. The van der Waals surface area contributed by atoms with Crippen LogP contribution in [0.3, 0.4) is 0 Å². The van der Waals surface area contributed by atoms with Crippen molar-refractivity contribution in [1.29, 1.82) is 0 Å². The van der Waals surface area contributed by atoms with Gasteiger partial charge in [0.25, 0.3) is 0 Å². The Morgan fingerprint density at radius 3 is 2.03 bits per heavy atom. The van der Waals surface area contributed by atoms with Crippen molar-refractivity contribution in [3.63, 3.8) is 0 Å². The molecule has 0 aliphatic carbocycles. The lowest BCUT2D eigenvalue weighted by Gasteiger charge is -2.20. The molecule has 0 amide bonds. The number of H-pyrrole nitrogens is 1. The molecule has 2 aromatic carbocycles. The van der Waals surface area contributed by atoms with E-state index in [4.69, 9.17) is 4.74 Å². The molecule has 0 unspecified atom stereocenters. The van der Waals surface area contributed by atoms with Crippen LogP contribution >= 0.6 is 15.9 Å². The van der Waals surface area contributed by atoms with Gasteiger partial charge in [-0.1, -0.05) is 29.8 Å². The van der Waals surface area contributed by atoms with Crippen LogP contribution in [0.1, 0.15) is 42.0 Å². The zero-order valence-electron chi connectivity index (χ0n) is 15.3. The molecule has 156 valence electrons. The largest absolute Gasteiger partial charge is 0.456 e. The van der Waals surface area contributed by atoms with E-state index in [-0.39, 0.29) is 22.6 Å². The minimum atomic E-state index is -5.02. The molecule has 1 N–H and O–H groups in total. The Hall–Kier alpha value is -2.16. The molecule has 0 saturated carbocycles. The molecule has 0 radical (unpaired) electrons. The van der Waals surface area contributed by atoms with Crippen LogP contribution in [0, 0.1) is 0 Å². The van der Waals surface area contributed by atoms with Gasteiger partial charge in [-0.05, 0) is 47.4 Å². The number of rotatable bonds is 4. The van der Waals surface area contributed by atoms with Gasteiger partial charge in [0.05, 0.1) is 11.1 Å². The lowest BCUT2D eigenvalue weighted by Crippen LogP contribution is -2.15. The monoisotopic (exact) mass is 479 g/mol. The minimum Gasteiger partial charge on any atom is -0.456 e. The summed E-state index contributed by atoms with van der Waals surface area (Å²) >= 11 is 2.92. The van der Waals surface area contributed by atoms with Gasteiger partial charge < -0.3 is 9.72 Å². The van der Waals surface area contributed by atoms with Gasteiger partial charge in [-0.15, -0.1) is 0 Å². The molecule has 1 aromatic heterocycles. The Balaban J connectivity index is 2.20. The maximum atomic E-state index is 13.5. The Labute approximate surface area is 171 Å². The number of hydrogen-bond acceptors (Lipinski definition) is 1. The van der Waals surface area contributed by atoms with E-state index in [9.17, 15) is 26.3 Å². The van der Waals surface area contributed by atoms with Crippen LogP contribution in [0.25, 0.3) is 10.9 Å². The van der Waals surface area contributed by atoms with Gasteiger partial charge in [-0.3, -0.25) is 0 Å². The Morgan fingerprint density at radius 2 is 1.55 bits per heavy atom. The first-order chi connectivity index (χ1) is 13.4. The summed E-state index contributed by atoms with van der Waals surface area (Å²) in [5.41, 5.74) is -1.50. The quantitative estimate of drug-likeness (QED) is 0.297. The maximum Gasteiger partial charge on any atom is 0.420 e. The first kappa shape index (κ1) is 21.5. The van der Waals surface area contributed by atoms with Gasteiger partial charge in [0.1, 0.15) is 5.75 Å². The number of halogens is 7. The van der Waals surface area contributed by atoms with E-state index in [2.05, 4.69) is 20.9 Å². The van der Waals surface area contributed by atoms with E-state index in [1.807, 2.05) is 13.8 Å². The summed E-state index contributed by atoms with van der Waals surface area (Å²) in [4.78, 5) is 3.03. The second-order valence-corrected chi connectivity index (χ2v) is 7.42. The average molecular weight is 480 g/mol. The number of ether oxygens (including phenoxy) is 1. The highest BCUT2D eigenvalue weighted by atomic mass is 79.9. The molecule has 3 rings (SSSR count). The summed E-state index contributed by atoms with van der Waals surface area (Å²) in [6, 6.07) is 5.66. The SMILES string of the molecule is CC(C)c1c[nH]c2ccc(Oc3c(C(F)(F)F)cc(CBr)cc3C(F)(F)F)cc12. The number of benzene rings is 2. The van der Waals surface area contributed by atoms with Crippen molar-refractivity contribution < 1.29 is 31.1 Å². The van der Waals surface area contributed by atoms with Gasteiger partial charge in [0, 0.05) is 22.4 Å². The first-order valence-corrected chi connectivity index (χ1v) is 9.70. The Morgan fingerprint density at radius 1 is 0.966 bits per heavy atom. The molecule has 9 heteroatoms. The predicted octanol–water partition coefficient (Wildman–Crippen LogP) is 8.02. The van der Waals surface area contributed by atoms with Crippen LogP contribution in [0.15, 0.2) is 36.5 Å². The number of aromatic nitrogens is 1. The van der Waals surface area contributed by atoms with Crippen molar-refractivity contribution in [3.8, 4) is 11.5 Å². The topological polar surface area (TPSA) is 25.0 Å². The minimum absolute atomic E-state index is 0.105. The second kappa shape index (κ2) is 7.59. The number of alkyl halides is 7. The molecule has 0 bridgehead atoms. The van der Waals surface area contributed by atoms with Crippen molar-refractivity contribution in [2.45, 2.75) is 37.4 Å². The first-order valence-electron chi connectivity index (χ1n) is 8.58. The zero-order chi connectivity index (χ0) is 21.6. The summed E-state index contributed by atoms with van der Waals surface area (Å²) in [6.07, 6.45) is -8.28. The van der Waals surface area contributed by atoms with Crippen LogP contribution in [-0.2, 0) is 17.7 Å². The maximum absolute atomic E-state index is 13.5. The molecule has 0 fully saturated rings. The van der Waals surface area contributed by atoms with Crippen LogP contribution in [0.5, 0.6) is 11.5 Å². The number of aromatic amines is 1. The third-order valence-electron chi connectivity index (χ3n) is 4.44. The fourth-order valence-corrected chi connectivity index (χ4v) is 3.40. The molecule has 1 heterocycles. The average Bonchev–Trinajstić information content (AvgIpc) is 3.03. The molecule has 0 aliphatic rings. The van der Waals surface area contributed by atoms with Gasteiger partial charge in [-0.25, -0.2) is 0 Å². The number of hydrogen-bond donors (Lipinski definition) is 1. The lowest BCUT2D eigenvalue weighted by atomic mass is 10.0. The smallest absolute Gasteiger partial charge is 0.420 e. The molecule has 2 nitrogen and oxygen atoms in total. The van der Waals surface area contributed by atoms with Gasteiger partial charge >= 0.3 is 12.4 Å². The van der Waals surface area contributed by atoms with E-state index in [0.717, 1.165) is 5.56 Å². The summed E-state index contributed by atoms with van der Waals surface area (Å²) in [6.45, 7) is 3.86. The third kappa shape index (κ3) is 4.39. The van der Waals surface area contributed by atoms with Crippen LogP contribution in [0.4, 0.5) is 26.3 Å². The molecule has 29 heavy (non-hydrogen) atoms. The van der Waals surface area contributed by atoms with Gasteiger partial charge in [0.2, 0.25) is 0 Å². The summed E-state index contributed by atoms with van der Waals surface area (Å²) in [5, 5.41) is 0.517. The van der Waals surface area contributed by atoms with E-state index >= 15 is 0 Å². The predicted molar refractivity (Wildman–Crippen MR) is 102 cm³/mol. The molecule has 3 aromatic rings. The normalized spacial score (nSPS) is 12.8. The van der Waals surface area contributed by atoms with E-state index in [1.165, 1.54) is 12.1 Å². The van der Waals surface area contributed by atoms with Crippen molar-refractivity contribution in [1.82, 2.24) is 4.98 Å². The molecule has 0 aliphatic heterocycles. The summed E-state index contributed by atoms with van der Waals surface area (Å²) in [7, 11) is 0. The molecule has 0 spiro atoms. The van der Waals surface area contributed by atoms with Crippen molar-refractivity contribution in [3.05, 3.63) is 58.8 Å². The van der Waals surface area contributed by atoms with Crippen molar-refractivity contribution in [2.24, 2.45) is 0 Å². The molecule has 0 saturated heterocycles. The second-order valence-electron chi connectivity index (χ2n) is 6.86. The molecular formula is C20H16BrF6NO. The van der Waals surface area contributed by atoms with Crippen LogP contribution in [0.2, 0.25) is 0 Å². The fraction of sp³-hybridized carbons (Fsp3) is 0.300. The third-order valence-corrected chi connectivity index (χ3v) is 5.09. The standard InChI is InChI=1S/C20H16BrF6NO/c1-10(2)14-9-28-17-4-3-12(7-13(14)17)29-18-15(19(22,23)24)5-11(8-21)6-16(18)20(25,26)27/h3-7,9-10,28H,8H2,1-2H3. The Bertz CT molecular complexity index is 1000.